The molecule has 4 nitrogen and oxygen atoms in total. The maximum Gasteiger partial charge on any atom is 0.268 e. The minimum atomic E-state index is -0.294. The Bertz CT molecular complexity index is 366. The fraction of sp³-hybridized carbons (Fsp3) is 0.143. The van der Waals surface area contributed by atoms with Gasteiger partial charge in [0.1, 0.15) is 4.47 Å². The molecule has 0 fully saturated rings. The van der Waals surface area contributed by atoms with Crippen molar-refractivity contribution in [3.63, 3.8) is 0 Å². The highest BCUT2D eigenvalue weighted by atomic mass is 79.9. The number of ether oxygens (including phenoxy) is 1. The summed E-state index contributed by atoms with van der Waals surface area (Å²) in [6, 6.07) is 0. The first-order valence-corrected chi connectivity index (χ1v) is 3.84. The number of hydrogen-bond donors (Lipinski definition) is 1. The van der Waals surface area contributed by atoms with Crippen LogP contribution in [0, 0.1) is 12.3 Å². The number of nitrogens with zero attached hydrogens (tertiary/aromatic N) is 1. The SMILES string of the molecule is C#CCOc1nc[nH]c(=O)c1Br. The van der Waals surface area contributed by atoms with Crippen molar-refractivity contribution in [3.8, 4) is 18.2 Å². The average Bonchev–Trinajstić information content (AvgIpc) is 2.08. The number of aromatic nitrogens is 2. The van der Waals surface area contributed by atoms with Crippen molar-refractivity contribution in [2.45, 2.75) is 0 Å². The number of aromatic amines is 1. The molecule has 0 aromatic carbocycles. The molecule has 0 bridgehead atoms. The summed E-state index contributed by atoms with van der Waals surface area (Å²) < 4.78 is 5.20. The van der Waals surface area contributed by atoms with Gasteiger partial charge in [-0.05, 0) is 15.9 Å². The van der Waals surface area contributed by atoms with E-state index in [-0.39, 0.29) is 22.5 Å². The molecule has 0 spiro atoms. The maximum absolute atomic E-state index is 10.9. The summed E-state index contributed by atoms with van der Waals surface area (Å²) in [6.45, 7) is 0.0923. The van der Waals surface area contributed by atoms with Crippen LogP contribution < -0.4 is 10.3 Å². The molecule has 1 N–H and O–H groups in total. The first-order valence-electron chi connectivity index (χ1n) is 3.05. The van der Waals surface area contributed by atoms with Crippen molar-refractivity contribution in [1.82, 2.24) is 9.97 Å². The Hall–Kier alpha value is -1.28. The molecule has 0 radical (unpaired) electrons. The maximum atomic E-state index is 10.9. The average molecular weight is 229 g/mol. The van der Waals surface area contributed by atoms with E-state index in [1.54, 1.807) is 0 Å². The fourth-order valence-electron chi connectivity index (χ4n) is 0.577. The monoisotopic (exact) mass is 228 g/mol. The van der Waals surface area contributed by atoms with Crippen LogP contribution in [-0.4, -0.2) is 16.6 Å². The van der Waals surface area contributed by atoms with Gasteiger partial charge < -0.3 is 9.72 Å². The van der Waals surface area contributed by atoms with E-state index >= 15 is 0 Å². The first kappa shape index (κ1) is 8.81. The molecule has 0 aliphatic carbocycles. The predicted molar refractivity (Wildman–Crippen MR) is 46.9 cm³/mol. The molecule has 1 aromatic heterocycles. The van der Waals surface area contributed by atoms with Gasteiger partial charge in [-0.3, -0.25) is 4.79 Å². The second kappa shape index (κ2) is 3.93. The number of nitrogens with one attached hydrogen (secondary N) is 1. The number of halogens is 1. The Morgan fingerprint density at radius 2 is 2.58 bits per heavy atom. The summed E-state index contributed by atoms with van der Waals surface area (Å²) in [5.41, 5.74) is -0.294. The summed E-state index contributed by atoms with van der Waals surface area (Å²) in [6.07, 6.45) is 6.21. The molecule has 0 amide bonds. The molecule has 1 heterocycles. The molecule has 62 valence electrons. The topological polar surface area (TPSA) is 55.0 Å². The second-order valence-corrected chi connectivity index (χ2v) is 2.64. The van der Waals surface area contributed by atoms with Crippen LogP contribution in [0.2, 0.25) is 0 Å². The third-order valence-corrected chi connectivity index (χ3v) is 1.76. The summed E-state index contributed by atoms with van der Waals surface area (Å²) >= 11 is 3.01. The lowest BCUT2D eigenvalue weighted by molar-refractivity contribution is 0.351. The van der Waals surface area contributed by atoms with E-state index in [1.165, 1.54) is 6.33 Å². The Morgan fingerprint density at radius 3 is 3.25 bits per heavy atom. The highest BCUT2D eigenvalue weighted by Gasteiger charge is 2.04. The van der Waals surface area contributed by atoms with Crippen LogP contribution in [0.15, 0.2) is 15.6 Å². The quantitative estimate of drug-likeness (QED) is 0.753. The third-order valence-electron chi connectivity index (χ3n) is 1.06. The van der Waals surface area contributed by atoms with Crippen LogP contribution in [0.5, 0.6) is 5.88 Å². The van der Waals surface area contributed by atoms with E-state index < -0.39 is 0 Å². The molecule has 12 heavy (non-hydrogen) atoms. The molecule has 0 aliphatic rings. The molecule has 0 saturated carbocycles. The molecule has 5 heteroatoms. The first-order chi connectivity index (χ1) is 5.75. The Labute approximate surface area is 77.1 Å². The number of terminal acetylenes is 1. The lowest BCUT2D eigenvalue weighted by Crippen LogP contribution is -2.09. The van der Waals surface area contributed by atoms with Gasteiger partial charge in [-0.2, -0.15) is 0 Å². The standard InChI is InChI=1S/C7H5BrN2O2/c1-2-3-12-7-5(8)6(11)9-4-10-7/h1,4H,3H2,(H,9,10,11). The molecule has 0 unspecified atom stereocenters. The van der Waals surface area contributed by atoms with Crippen molar-refractivity contribution in [2.75, 3.05) is 6.61 Å². The van der Waals surface area contributed by atoms with Gasteiger partial charge in [-0.25, -0.2) is 4.98 Å². The molecule has 0 aliphatic heterocycles. The zero-order valence-electron chi connectivity index (χ0n) is 6.00. The van der Waals surface area contributed by atoms with Gasteiger partial charge in [0, 0.05) is 0 Å². The molecule has 0 atom stereocenters. The normalized spacial score (nSPS) is 9.00. The van der Waals surface area contributed by atoms with Gasteiger partial charge in [0.05, 0.1) is 6.33 Å². The van der Waals surface area contributed by atoms with Crippen LogP contribution in [0.1, 0.15) is 0 Å². The lowest BCUT2D eigenvalue weighted by atomic mass is 10.6. The van der Waals surface area contributed by atoms with Crippen molar-refractivity contribution in [3.05, 3.63) is 21.2 Å². The predicted octanol–water partition coefficient (Wildman–Crippen LogP) is 0.544. The molecular formula is C7H5BrN2O2. The van der Waals surface area contributed by atoms with Gasteiger partial charge in [0.2, 0.25) is 5.88 Å². The molecule has 1 aromatic rings. The molecular weight excluding hydrogens is 224 g/mol. The minimum Gasteiger partial charge on any atom is -0.464 e. The summed E-state index contributed by atoms with van der Waals surface area (Å²) in [7, 11) is 0. The van der Waals surface area contributed by atoms with Crippen molar-refractivity contribution in [1.29, 1.82) is 0 Å². The summed E-state index contributed by atoms with van der Waals surface area (Å²) in [4.78, 5) is 17.1. The van der Waals surface area contributed by atoms with Crippen LogP contribution in [0.3, 0.4) is 0 Å². The van der Waals surface area contributed by atoms with E-state index in [9.17, 15) is 4.79 Å². The Kier molecular flexibility index (Phi) is 2.88. The van der Waals surface area contributed by atoms with Crippen molar-refractivity contribution < 1.29 is 4.74 Å². The highest BCUT2D eigenvalue weighted by Crippen LogP contribution is 2.15. The summed E-state index contributed by atoms with van der Waals surface area (Å²) in [5, 5.41) is 0. The number of H-pyrrole nitrogens is 1. The van der Waals surface area contributed by atoms with Crippen LogP contribution in [-0.2, 0) is 0 Å². The lowest BCUT2D eigenvalue weighted by Gasteiger charge is -2.00. The number of hydrogen-bond acceptors (Lipinski definition) is 3. The molecule has 1 rings (SSSR count). The highest BCUT2D eigenvalue weighted by molar-refractivity contribution is 9.10. The van der Waals surface area contributed by atoms with Gasteiger partial charge >= 0.3 is 0 Å². The Balaban J connectivity index is 2.94. The minimum absolute atomic E-state index is 0.0923. The Morgan fingerprint density at radius 1 is 1.83 bits per heavy atom. The van der Waals surface area contributed by atoms with Gasteiger partial charge in [0.25, 0.3) is 5.56 Å². The van der Waals surface area contributed by atoms with E-state index in [1.807, 2.05) is 0 Å². The zero-order chi connectivity index (χ0) is 8.97. The van der Waals surface area contributed by atoms with E-state index in [0.717, 1.165) is 0 Å². The second-order valence-electron chi connectivity index (χ2n) is 1.84. The van der Waals surface area contributed by atoms with Crippen molar-refractivity contribution >= 4 is 15.9 Å². The number of rotatable bonds is 2. The van der Waals surface area contributed by atoms with Gasteiger partial charge in [0.15, 0.2) is 6.61 Å². The summed E-state index contributed by atoms with van der Waals surface area (Å²) in [5.74, 6) is 2.47. The van der Waals surface area contributed by atoms with Crippen molar-refractivity contribution in [2.24, 2.45) is 0 Å². The van der Waals surface area contributed by atoms with Crippen LogP contribution >= 0.6 is 15.9 Å². The van der Waals surface area contributed by atoms with Crippen LogP contribution in [0.4, 0.5) is 0 Å². The van der Waals surface area contributed by atoms with E-state index in [4.69, 9.17) is 11.2 Å². The van der Waals surface area contributed by atoms with Crippen LogP contribution in [0.25, 0.3) is 0 Å². The van der Waals surface area contributed by atoms with Gasteiger partial charge in [-0.15, -0.1) is 6.42 Å². The van der Waals surface area contributed by atoms with Gasteiger partial charge in [-0.1, -0.05) is 5.92 Å². The van der Waals surface area contributed by atoms with E-state index in [2.05, 4.69) is 31.8 Å². The van der Waals surface area contributed by atoms with E-state index in [0.29, 0.717) is 0 Å². The zero-order valence-corrected chi connectivity index (χ0v) is 7.59. The molecule has 0 saturated heterocycles. The third kappa shape index (κ3) is 1.86. The smallest absolute Gasteiger partial charge is 0.268 e. The fourth-order valence-corrected chi connectivity index (χ4v) is 0.909. The largest absolute Gasteiger partial charge is 0.464 e.